The summed E-state index contributed by atoms with van der Waals surface area (Å²) >= 11 is 6.73. The fourth-order valence-corrected chi connectivity index (χ4v) is 3.17. The Balaban J connectivity index is 1.88. The van der Waals surface area contributed by atoms with E-state index < -0.39 is 42.7 Å². The number of alkyl halides is 2. The lowest BCUT2D eigenvalue weighted by atomic mass is 9.91. The van der Waals surface area contributed by atoms with Crippen LogP contribution in [0.2, 0.25) is 4.47 Å². The smallest absolute Gasteiger partial charge is 0.252 e. The van der Waals surface area contributed by atoms with E-state index in [0.717, 1.165) is 17.4 Å². The van der Waals surface area contributed by atoms with Crippen molar-refractivity contribution in [3.63, 3.8) is 0 Å². The number of aliphatic hydroxyl groups is 1. The number of thiazole rings is 1. The van der Waals surface area contributed by atoms with Crippen molar-refractivity contribution in [2.45, 2.75) is 37.4 Å². The molecular formula is C12H10ClF3N2O2S. The van der Waals surface area contributed by atoms with Gasteiger partial charge < -0.3 is 9.84 Å². The molecule has 3 rings (SSSR count). The molecule has 114 valence electrons. The van der Waals surface area contributed by atoms with Crippen molar-refractivity contribution in [2.75, 3.05) is 0 Å². The molecule has 1 N–H and O–H groups in total. The monoisotopic (exact) mass is 338 g/mol. The van der Waals surface area contributed by atoms with E-state index in [0.29, 0.717) is 4.83 Å². The van der Waals surface area contributed by atoms with E-state index in [1.54, 1.807) is 0 Å². The van der Waals surface area contributed by atoms with Crippen LogP contribution in [0.15, 0.2) is 6.07 Å². The standard InChI is InChI=1S/C12H10ClF3N2O2S/c13-11-17-6-3-5(14)9(18-10(6)21-11)20-8-4-12(15,16)2-1-7(8)19/h3,7-8,19H,1-2,4H2/t7-,8+/m1/s1. The van der Waals surface area contributed by atoms with Gasteiger partial charge in [0, 0.05) is 12.5 Å². The van der Waals surface area contributed by atoms with E-state index in [1.165, 1.54) is 0 Å². The number of aliphatic hydroxyl groups excluding tert-OH is 1. The van der Waals surface area contributed by atoms with E-state index in [2.05, 4.69) is 9.97 Å². The Morgan fingerprint density at radius 2 is 2.19 bits per heavy atom. The van der Waals surface area contributed by atoms with Crippen molar-refractivity contribution in [3.8, 4) is 5.88 Å². The van der Waals surface area contributed by atoms with Crippen molar-refractivity contribution in [1.82, 2.24) is 9.97 Å². The van der Waals surface area contributed by atoms with Gasteiger partial charge in [-0.2, -0.15) is 4.98 Å². The largest absolute Gasteiger partial charge is 0.469 e. The Bertz CT molecular complexity index is 682. The molecule has 0 saturated heterocycles. The Hall–Kier alpha value is -1.12. The molecule has 0 aromatic carbocycles. The fraction of sp³-hybridized carbons (Fsp3) is 0.500. The summed E-state index contributed by atoms with van der Waals surface area (Å²) in [5, 5.41) is 9.73. The molecule has 0 aliphatic heterocycles. The number of fused-ring (bicyclic) bond motifs is 1. The van der Waals surface area contributed by atoms with Gasteiger partial charge in [0.05, 0.1) is 12.5 Å². The predicted molar refractivity (Wildman–Crippen MR) is 71.6 cm³/mol. The summed E-state index contributed by atoms with van der Waals surface area (Å²) in [5.74, 6) is -4.19. The molecule has 1 fully saturated rings. The summed E-state index contributed by atoms with van der Waals surface area (Å²) in [6.07, 6.45) is -3.46. The molecule has 2 heterocycles. The number of hydrogen-bond donors (Lipinski definition) is 1. The number of ether oxygens (including phenoxy) is 1. The van der Waals surface area contributed by atoms with Crippen molar-refractivity contribution in [1.29, 1.82) is 0 Å². The third kappa shape index (κ3) is 3.07. The van der Waals surface area contributed by atoms with Gasteiger partial charge in [-0.25, -0.2) is 18.2 Å². The Kier molecular flexibility index (Phi) is 3.71. The zero-order chi connectivity index (χ0) is 15.2. The van der Waals surface area contributed by atoms with Gasteiger partial charge in [-0.1, -0.05) is 22.9 Å². The minimum absolute atomic E-state index is 0.103. The van der Waals surface area contributed by atoms with Gasteiger partial charge in [-0.05, 0) is 6.42 Å². The third-order valence-corrected chi connectivity index (χ3v) is 4.35. The molecule has 1 aliphatic rings. The SMILES string of the molecule is O[C@@H]1CCC(F)(F)C[C@@H]1Oc1nc2sc(Cl)nc2cc1F. The van der Waals surface area contributed by atoms with Crippen LogP contribution in [-0.4, -0.2) is 33.2 Å². The third-order valence-electron chi connectivity index (χ3n) is 3.28. The molecule has 2 aromatic rings. The van der Waals surface area contributed by atoms with Crippen molar-refractivity contribution < 1.29 is 23.0 Å². The van der Waals surface area contributed by atoms with Gasteiger partial charge in [0.25, 0.3) is 11.8 Å². The molecular weight excluding hydrogens is 329 g/mol. The van der Waals surface area contributed by atoms with E-state index in [-0.39, 0.29) is 16.4 Å². The molecule has 0 radical (unpaired) electrons. The van der Waals surface area contributed by atoms with E-state index >= 15 is 0 Å². The lowest BCUT2D eigenvalue weighted by Gasteiger charge is -2.32. The highest BCUT2D eigenvalue weighted by Crippen LogP contribution is 2.36. The molecule has 0 bridgehead atoms. The van der Waals surface area contributed by atoms with Crippen LogP contribution in [0, 0.1) is 5.82 Å². The zero-order valence-electron chi connectivity index (χ0n) is 10.5. The summed E-state index contributed by atoms with van der Waals surface area (Å²) in [4.78, 5) is 8.09. The molecule has 4 nitrogen and oxygen atoms in total. The van der Waals surface area contributed by atoms with Gasteiger partial charge in [0.2, 0.25) is 0 Å². The maximum Gasteiger partial charge on any atom is 0.252 e. The second-order valence-corrected chi connectivity index (χ2v) is 6.45. The van der Waals surface area contributed by atoms with Gasteiger partial charge >= 0.3 is 0 Å². The first-order valence-corrected chi connectivity index (χ1v) is 7.39. The molecule has 2 atom stereocenters. The molecule has 0 unspecified atom stereocenters. The normalized spacial score (nSPS) is 25.2. The first-order valence-electron chi connectivity index (χ1n) is 6.19. The molecule has 2 aromatic heterocycles. The topological polar surface area (TPSA) is 55.2 Å². The highest BCUT2D eigenvalue weighted by molar-refractivity contribution is 7.21. The first-order chi connectivity index (χ1) is 9.84. The minimum Gasteiger partial charge on any atom is -0.469 e. The van der Waals surface area contributed by atoms with Gasteiger partial charge in [-0.3, -0.25) is 0 Å². The Morgan fingerprint density at radius 3 is 2.95 bits per heavy atom. The zero-order valence-corrected chi connectivity index (χ0v) is 12.1. The van der Waals surface area contributed by atoms with E-state index in [1.807, 2.05) is 0 Å². The predicted octanol–water partition coefficient (Wildman–Crippen LogP) is 3.41. The number of aromatic nitrogens is 2. The number of rotatable bonds is 2. The number of pyridine rings is 1. The van der Waals surface area contributed by atoms with Crippen LogP contribution < -0.4 is 4.74 Å². The summed E-state index contributed by atoms with van der Waals surface area (Å²) in [6.45, 7) is 0. The number of hydrogen-bond acceptors (Lipinski definition) is 5. The molecule has 1 aliphatic carbocycles. The maximum absolute atomic E-state index is 13.9. The molecule has 1 saturated carbocycles. The van der Waals surface area contributed by atoms with Crippen LogP contribution in [-0.2, 0) is 0 Å². The highest BCUT2D eigenvalue weighted by atomic mass is 35.5. The van der Waals surface area contributed by atoms with Crippen LogP contribution in [0.25, 0.3) is 10.3 Å². The van der Waals surface area contributed by atoms with Crippen molar-refractivity contribution >= 4 is 33.3 Å². The lowest BCUT2D eigenvalue weighted by molar-refractivity contribution is -0.114. The highest BCUT2D eigenvalue weighted by Gasteiger charge is 2.42. The van der Waals surface area contributed by atoms with Crippen LogP contribution in [0.5, 0.6) is 5.88 Å². The van der Waals surface area contributed by atoms with E-state index in [4.69, 9.17) is 16.3 Å². The Morgan fingerprint density at radius 1 is 1.43 bits per heavy atom. The molecule has 21 heavy (non-hydrogen) atoms. The molecule has 0 amide bonds. The van der Waals surface area contributed by atoms with Crippen molar-refractivity contribution in [2.24, 2.45) is 0 Å². The van der Waals surface area contributed by atoms with Crippen LogP contribution in [0.4, 0.5) is 13.2 Å². The van der Waals surface area contributed by atoms with E-state index in [9.17, 15) is 18.3 Å². The lowest BCUT2D eigenvalue weighted by Crippen LogP contribution is -2.43. The summed E-state index contributed by atoms with van der Waals surface area (Å²) in [6, 6.07) is 1.08. The first kappa shape index (κ1) is 14.8. The average Bonchev–Trinajstić information content (AvgIpc) is 2.73. The second kappa shape index (κ2) is 5.26. The molecule has 0 spiro atoms. The van der Waals surface area contributed by atoms with Gasteiger partial charge in [0.15, 0.2) is 10.3 Å². The second-order valence-electron chi connectivity index (χ2n) is 4.89. The maximum atomic E-state index is 13.9. The fourth-order valence-electron chi connectivity index (χ4n) is 2.22. The summed E-state index contributed by atoms with van der Waals surface area (Å²) < 4.78 is 45.9. The van der Waals surface area contributed by atoms with Crippen LogP contribution >= 0.6 is 22.9 Å². The number of halogens is 4. The van der Waals surface area contributed by atoms with Crippen LogP contribution in [0.3, 0.4) is 0 Å². The molecule has 9 heteroatoms. The van der Waals surface area contributed by atoms with Gasteiger partial charge in [-0.15, -0.1) is 0 Å². The van der Waals surface area contributed by atoms with Crippen LogP contribution in [0.1, 0.15) is 19.3 Å². The Labute approximate surface area is 126 Å². The summed E-state index contributed by atoms with van der Waals surface area (Å²) in [7, 11) is 0. The quantitative estimate of drug-likeness (QED) is 0.911. The van der Waals surface area contributed by atoms with Crippen molar-refractivity contribution in [3.05, 3.63) is 16.4 Å². The average molecular weight is 339 g/mol. The summed E-state index contributed by atoms with van der Waals surface area (Å²) in [5.41, 5.74) is 0.268. The minimum atomic E-state index is -2.93. The van der Waals surface area contributed by atoms with Gasteiger partial charge in [0.1, 0.15) is 16.5 Å². The number of nitrogens with zero attached hydrogens (tertiary/aromatic N) is 2.